The highest BCUT2D eigenvalue weighted by atomic mass is 32.1. The molecule has 2 aliphatic rings. The van der Waals surface area contributed by atoms with Gasteiger partial charge in [0, 0.05) is 10.4 Å². The molecule has 2 unspecified atom stereocenters. The maximum atomic E-state index is 6.66. The molecule has 2 aliphatic carbocycles. The van der Waals surface area contributed by atoms with Gasteiger partial charge in [-0.1, -0.05) is 12.8 Å². The third kappa shape index (κ3) is 1.93. The lowest BCUT2D eigenvalue weighted by Gasteiger charge is -2.38. The van der Waals surface area contributed by atoms with Gasteiger partial charge in [0.05, 0.1) is 0 Å². The minimum absolute atomic E-state index is 0.00370. The number of nitrogens with two attached hydrogens (primary N) is 1. The molecule has 2 N–H and O–H groups in total. The fraction of sp³-hybridized carbons (Fsp3) is 0.714. The minimum Gasteiger partial charge on any atom is -0.321 e. The van der Waals surface area contributed by atoms with Crippen molar-refractivity contribution in [1.82, 2.24) is 0 Å². The SMILES string of the molecule is Cc1cc(C2(N)CCCC(C3CC3)C2)cs1. The van der Waals surface area contributed by atoms with Crippen LogP contribution < -0.4 is 5.73 Å². The van der Waals surface area contributed by atoms with Gasteiger partial charge in [0.15, 0.2) is 0 Å². The predicted molar refractivity (Wildman–Crippen MR) is 69.6 cm³/mol. The van der Waals surface area contributed by atoms with Gasteiger partial charge in [0.1, 0.15) is 0 Å². The van der Waals surface area contributed by atoms with Gasteiger partial charge in [-0.05, 0) is 61.5 Å². The lowest BCUT2D eigenvalue weighted by Crippen LogP contribution is -2.41. The molecule has 0 spiro atoms. The minimum atomic E-state index is -0.00370. The zero-order valence-electron chi connectivity index (χ0n) is 10.0. The zero-order chi connectivity index (χ0) is 11.2. The van der Waals surface area contributed by atoms with Crippen molar-refractivity contribution in [3.8, 4) is 0 Å². The molecule has 0 saturated heterocycles. The van der Waals surface area contributed by atoms with Crippen molar-refractivity contribution < 1.29 is 0 Å². The van der Waals surface area contributed by atoms with E-state index in [4.69, 9.17) is 5.73 Å². The van der Waals surface area contributed by atoms with Crippen molar-refractivity contribution in [2.75, 3.05) is 0 Å². The summed E-state index contributed by atoms with van der Waals surface area (Å²) < 4.78 is 0. The Morgan fingerprint density at radius 2 is 2.12 bits per heavy atom. The average Bonchev–Trinajstić information content (AvgIpc) is 3.01. The zero-order valence-corrected chi connectivity index (χ0v) is 10.9. The van der Waals surface area contributed by atoms with Gasteiger partial charge in [-0.25, -0.2) is 0 Å². The standard InChI is InChI=1S/C14H21NS/c1-10-7-13(9-16-10)14(15)6-2-3-12(8-14)11-4-5-11/h7,9,11-12H,2-6,8,15H2,1H3. The first kappa shape index (κ1) is 10.8. The van der Waals surface area contributed by atoms with Crippen LogP contribution in [0.15, 0.2) is 11.4 Å². The predicted octanol–water partition coefficient (Wildman–Crippen LogP) is 3.81. The smallest absolute Gasteiger partial charge is 0.0420 e. The summed E-state index contributed by atoms with van der Waals surface area (Å²) in [5, 5.41) is 2.28. The summed E-state index contributed by atoms with van der Waals surface area (Å²) in [6, 6.07) is 2.31. The van der Waals surface area contributed by atoms with Gasteiger partial charge in [0.2, 0.25) is 0 Å². The fourth-order valence-electron chi connectivity index (χ4n) is 3.29. The highest BCUT2D eigenvalue weighted by Crippen LogP contribution is 2.48. The summed E-state index contributed by atoms with van der Waals surface area (Å²) in [6.07, 6.45) is 8.09. The van der Waals surface area contributed by atoms with Crippen LogP contribution in [-0.4, -0.2) is 0 Å². The van der Waals surface area contributed by atoms with Gasteiger partial charge < -0.3 is 5.73 Å². The first-order valence-corrected chi connectivity index (χ1v) is 7.40. The van der Waals surface area contributed by atoms with Crippen LogP contribution in [0, 0.1) is 18.8 Å². The van der Waals surface area contributed by atoms with E-state index in [-0.39, 0.29) is 5.54 Å². The molecule has 2 saturated carbocycles. The molecule has 3 rings (SSSR count). The first-order valence-electron chi connectivity index (χ1n) is 6.52. The van der Waals surface area contributed by atoms with Crippen LogP contribution in [0.25, 0.3) is 0 Å². The van der Waals surface area contributed by atoms with Crippen molar-refractivity contribution >= 4 is 11.3 Å². The van der Waals surface area contributed by atoms with Gasteiger partial charge in [-0.3, -0.25) is 0 Å². The lowest BCUT2D eigenvalue weighted by molar-refractivity contribution is 0.207. The monoisotopic (exact) mass is 235 g/mol. The summed E-state index contributed by atoms with van der Waals surface area (Å²) in [6.45, 7) is 2.18. The van der Waals surface area contributed by atoms with Crippen LogP contribution in [0.5, 0.6) is 0 Å². The molecule has 2 fully saturated rings. The number of aryl methyl sites for hydroxylation is 1. The Kier molecular flexibility index (Phi) is 2.60. The van der Waals surface area contributed by atoms with E-state index in [0.29, 0.717) is 0 Å². The normalized spacial score (nSPS) is 35.2. The van der Waals surface area contributed by atoms with Crippen LogP contribution in [0.4, 0.5) is 0 Å². The lowest BCUT2D eigenvalue weighted by atomic mass is 9.72. The van der Waals surface area contributed by atoms with Crippen LogP contribution in [0.3, 0.4) is 0 Å². The van der Waals surface area contributed by atoms with Crippen molar-refractivity contribution in [2.24, 2.45) is 17.6 Å². The average molecular weight is 235 g/mol. The molecular formula is C14H21NS. The topological polar surface area (TPSA) is 26.0 Å². The van der Waals surface area contributed by atoms with Gasteiger partial charge in [-0.15, -0.1) is 11.3 Å². The summed E-state index contributed by atoms with van der Waals surface area (Å²) >= 11 is 1.84. The van der Waals surface area contributed by atoms with E-state index in [1.54, 1.807) is 0 Å². The Hall–Kier alpha value is -0.340. The van der Waals surface area contributed by atoms with Gasteiger partial charge in [0.25, 0.3) is 0 Å². The molecule has 0 bridgehead atoms. The molecular weight excluding hydrogens is 214 g/mol. The van der Waals surface area contributed by atoms with Crippen molar-refractivity contribution in [2.45, 2.75) is 51.0 Å². The molecule has 0 aliphatic heterocycles. The molecule has 2 atom stereocenters. The fourth-order valence-corrected chi connectivity index (χ4v) is 4.10. The summed E-state index contributed by atoms with van der Waals surface area (Å²) in [7, 11) is 0. The first-order chi connectivity index (χ1) is 7.67. The maximum absolute atomic E-state index is 6.66. The summed E-state index contributed by atoms with van der Waals surface area (Å²) in [5.41, 5.74) is 8.06. The second-order valence-electron chi connectivity index (χ2n) is 5.80. The van der Waals surface area contributed by atoms with Crippen molar-refractivity contribution in [3.63, 3.8) is 0 Å². The van der Waals surface area contributed by atoms with Crippen LogP contribution in [0.1, 0.15) is 49.0 Å². The Morgan fingerprint density at radius 1 is 1.31 bits per heavy atom. The second-order valence-corrected chi connectivity index (χ2v) is 6.91. The van der Waals surface area contributed by atoms with Crippen LogP contribution in [0.2, 0.25) is 0 Å². The molecule has 0 amide bonds. The molecule has 1 nitrogen and oxygen atoms in total. The number of thiophene rings is 1. The molecule has 1 aromatic heterocycles. The van der Waals surface area contributed by atoms with Gasteiger partial charge >= 0.3 is 0 Å². The molecule has 1 aromatic rings. The summed E-state index contributed by atoms with van der Waals surface area (Å²) in [5.74, 6) is 1.93. The van der Waals surface area contributed by atoms with Crippen LogP contribution >= 0.6 is 11.3 Å². The number of rotatable bonds is 2. The van der Waals surface area contributed by atoms with E-state index in [0.717, 1.165) is 11.8 Å². The largest absolute Gasteiger partial charge is 0.321 e. The Bertz CT molecular complexity index is 380. The second kappa shape index (κ2) is 3.85. The van der Waals surface area contributed by atoms with Gasteiger partial charge in [-0.2, -0.15) is 0 Å². The third-order valence-corrected chi connectivity index (χ3v) is 5.28. The Morgan fingerprint density at radius 3 is 2.75 bits per heavy atom. The molecule has 0 radical (unpaired) electrons. The highest BCUT2D eigenvalue weighted by Gasteiger charge is 2.40. The highest BCUT2D eigenvalue weighted by molar-refractivity contribution is 7.10. The maximum Gasteiger partial charge on any atom is 0.0420 e. The van der Waals surface area contributed by atoms with E-state index in [1.807, 2.05) is 11.3 Å². The molecule has 0 aromatic carbocycles. The quantitative estimate of drug-likeness (QED) is 0.828. The Balaban J connectivity index is 1.80. The van der Waals surface area contributed by atoms with Crippen molar-refractivity contribution in [1.29, 1.82) is 0 Å². The Labute approximate surface area is 102 Å². The molecule has 2 heteroatoms. The molecule has 1 heterocycles. The van der Waals surface area contributed by atoms with E-state index in [2.05, 4.69) is 18.4 Å². The third-order valence-electron chi connectivity index (χ3n) is 4.42. The van der Waals surface area contributed by atoms with E-state index in [1.165, 1.54) is 49.0 Å². The number of hydrogen-bond acceptors (Lipinski definition) is 2. The van der Waals surface area contributed by atoms with Crippen molar-refractivity contribution in [3.05, 3.63) is 21.9 Å². The summed E-state index contributed by atoms with van der Waals surface area (Å²) in [4.78, 5) is 1.40. The number of hydrogen-bond donors (Lipinski definition) is 1. The van der Waals surface area contributed by atoms with E-state index in [9.17, 15) is 0 Å². The van der Waals surface area contributed by atoms with Crippen LogP contribution in [-0.2, 0) is 5.54 Å². The molecule has 16 heavy (non-hydrogen) atoms. The molecule has 88 valence electrons. The van der Waals surface area contributed by atoms with E-state index >= 15 is 0 Å². The van der Waals surface area contributed by atoms with E-state index < -0.39 is 0 Å².